The summed E-state index contributed by atoms with van der Waals surface area (Å²) in [6.07, 6.45) is 0.809. The van der Waals surface area contributed by atoms with Crippen molar-refractivity contribution in [3.63, 3.8) is 0 Å². The van der Waals surface area contributed by atoms with Crippen molar-refractivity contribution < 1.29 is 9.53 Å². The number of aromatic nitrogens is 2. The van der Waals surface area contributed by atoms with Crippen LogP contribution >= 0.6 is 23.1 Å². The molecule has 214 valence electrons. The normalized spacial score (nSPS) is 13.2. The van der Waals surface area contributed by atoms with E-state index in [1.54, 1.807) is 15.9 Å². The van der Waals surface area contributed by atoms with Gasteiger partial charge in [0.1, 0.15) is 10.6 Å². The largest absolute Gasteiger partial charge is 0.494 e. The number of carbonyl (C=O) groups is 1. The number of thioether (sulfide) groups is 1. The number of nitrogens with zero attached hydrogens (tertiary/aromatic N) is 3. The zero-order valence-electron chi connectivity index (χ0n) is 23.6. The van der Waals surface area contributed by atoms with Crippen molar-refractivity contribution in [2.24, 2.45) is 0 Å². The number of carbonyl (C=O) groups excluding carboxylic acids is 1. The topological polar surface area (TPSA) is 76.5 Å². The molecule has 0 aliphatic carbocycles. The summed E-state index contributed by atoms with van der Waals surface area (Å²) in [6, 6.07) is 25.6. The van der Waals surface area contributed by atoms with Gasteiger partial charge in [-0.3, -0.25) is 19.1 Å². The zero-order chi connectivity index (χ0) is 29.1. The SMILES string of the molecule is CCOc1ccc(NC(=O)CSc2nc3sc4c(c3c(=O)n2-c2ccc(C)cc2)CCN(Cc2ccccc2)C4)cc1. The third kappa shape index (κ3) is 6.13. The molecule has 1 aliphatic rings. The number of benzene rings is 3. The van der Waals surface area contributed by atoms with Crippen LogP contribution in [0.1, 0.15) is 28.5 Å². The van der Waals surface area contributed by atoms with E-state index in [4.69, 9.17) is 9.72 Å². The van der Waals surface area contributed by atoms with Gasteiger partial charge in [0.2, 0.25) is 5.91 Å². The Balaban J connectivity index is 1.28. The van der Waals surface area contributed by atoms with Crippen LogP contribution in [0.2, 0.25) is 0 Å². The molecule has 1 N–H and O–H groups in total. The molecule has 0 fully saturated rings. The van der Waals surface area contributed by atoms with Gasteiger partial charge in [0.05, 0.1) is 23.4 Å². The zero-order valence-corrected chi connectivity index (χ0v) is 25.3. The summed E-state index contributed by atoms with van der Waals surface area (Å²) >= 11 is 2.87. The van der Waals surface area contributed by atoms with Crippen molar-refractivity contribution in [2.45, 2.75) is 38.5 Å². The van der Waals surface area contributed by atoms with Crippen LogP contribution in [-0.2, 0) is 24.3 Å². The van der Waals surface area contributed by atoms with Crippen molar-refractivity contribution in [1.82, 2.24) is 14.5 Å². The summed E-state index contributed by atoms with van der Waals surface area (Å²) in [4.78, 5) is 36.4. The lowest BCUT2D eigenvalue weighted by atomic mass is 10.0. The quantitative estimate of drug-likeness (QED) is 0.156. The smallest absolute Gasteiger partial charge is 0.267 e. The lowest BCUT2D eigenvalue weighted by molar-refractivity contribution is -0.113. The number of amides is 1. The van der Waals surface area contributed by atoms with E-state index in [1.807, 2.05) is 68.4 Å². The van der Waals surface area contributed by atoms with E-state index in [0.29, 0.717) is 22.8 Å². The van der Waals surface area contributed by atoms with Gasteiger partial charge in [0.25, 0.3) is 5.56 Å². The Bertz CT molecular complexity index is 1760. The highest BCUT2D eigenvalue weighted by Gasteiger charge is 2.26. The molecule has 6 rings (SSSR count). The fraction of sp³-hybridized carbons (Fsp3) is 0.242. The first kappa shape index (κ1) is 28.2. The monoisotopic (exact) mass is 596 g/mol. The second-order valence-corrected chi connectivity index (χ2v) is 12.3. The van der Waals surface area contributed by atoms with Crippen LogP contribution in [0.15, 0.2) is 88.8 Å². The molecule has 0 saturated heterocycles. The summed E-state index contributed by atoms with van der Waals surface area (Å²) in [5, 5.41) is 4.15. The van der Waals surface area contributed by atoms with E-state index < -0.39 is 0 Å². The van der Waals surface area contributed by atoms with E-state index in [0.717, 1.165) is 53.4 Å². The average molecular weight is 597 g/mol. The van der Waals surface area contributed by atoms with Gasteiger partial charge in [-0.2, -0.15) is 0 Å². The molecule has 3 heterocycles. The van der Waals surface area contributed by atoms with Gasteiger partial charge in [0, 0.05) is 30.2 Å². The first-order chi connectivity index (χ1) is 20.5. The summed E-state index contributed by atoms with van der Waals surface area (Å²) in [5.41, 5.74) is 4.86. The molecule has 3 aromatic carbocycles. The summed E-state index contributed by atoms with van der Waals surface area (Å²) in [6.45, 7) is 7.09. The number of rotatable bonds is 9. The third-order valence-electron chi connectivity index (χ3n) is 7.25. The van der Waals surface area contributed by atoms with Gasteiger partial charge in [-0.25, -0.2) is 4.98 Å². The van der Waals surface area contributed by atoms with Crippen LogP contribution in [0.4, 0.5) is 5.69 Å². The molecule has 5 aromatic rings. The molecule has 1 aliphatic heterocycles. The standard InChI is InChI=1S/C33H32N4O3S2/c1-3-40-26-15-11-24(12-16-26)34-29(38)21-41-33-35-31-30(32(39)37(33)25-13-9-22(2)10-14-25)27-17-18-36(20-28(27)42-31)19-23-7-5-4-6-8-23/h4-16H,3,17-21H2,1-2H3,(H,34,38). The van der Waals surface area contributed by atoms with Crippen molar-refractivity contribution >= 4 is 44.9 Å². The number of hydrogen-bond donors (Lipinski definition) is 1. The Morgan fingerprint density at radius 1 is 1.05 bits per heavy atom. The Labute approximate surface area is 253 Å². The molecule has 9 heteroatoms. The van der Waals surface area contributed by atoms with Crippen LogP contribution < -0.4 is 15.6 Å². The van der Waals surface area contributed by atoms with Crippen LogP contribution in [0.5, 0.6) is 5.75 Å². The van der Waals surface area contributed by atoms with Crippen molar-refractivity contribution in [3.8, 4) is 11.4 Å². The second kappa shape index (κ2) is 12.5. The fourth-order valence-corrected chi connectivity index (χ4v) is 7.32. The highest BCUT2D eigenvalue weighted by molar-refractivity contribution is 7.99. The third-order valence-corrected chi connectivity index (χ3v) is 9.29. The highest BCUT2D eigenvalue weighted by Crippen LogP contribution is 2.35. The minimum Gasteiger partial charge on any atom is -0.494 e. The number of nitrogens with one attached hydrogen (secondary N) is 1. The van der Waals surface area contributed by atoms with E-state index in [-0.39, 0.29) is 17.2 Å². The Kier molecular flexibility index (Phi) is 8.41. The van der Waals surface area contributed by atoms with Crippen LogP contribution in [0.25, 0.3) is 15.9 Å². The molecule has 0 spiro atoms. The minimum absolute atomic E-state index is 0.0766. The first-order valence-corrected chi connectivity index (χ1v) is 15.8. The Hall–Kier alpha value is -3.92. The number of aryl methyl sites for hydroxylation is 1. The van der Waals surface area contributed by atoms with Gasteiger partial charge in [-0.15, -0.1) is 11.3 Å². The maximum atomic E-state index is 14.2. The van der Waals surface area contributed by atoms with Gasteiger partial charge in [-0.1, -0.05) is 59.8 Å². The minimum atomic E-state index is -0.170. The molecule has 7 nitrogen and oxygen atoms in total. The van der Waals surface area contributed by atoms with Crippen LogP contribution in [-0.4, -0.2) is 39.3 Å². The Morgan fingerprint density at radius 2 is 1.81 bits per heavy atom. The van der Waals surface area contributed by atoms with E-state index in [9.17, 15) is 9.59 Å². The van der Waals surface area contributed by atoms with Gasteiger partial charge in [0.15, 0.2) is 5.16 Å². The fourth-order valence-electron chi connectivity index (χ4n) is 5.20. The number of fused-ring (bicyclic) bond motifs is 3. The van der Waals surface area contributed by atoms with Crippen molar-refractivity contribution in [2.75, 3.05) is 24.2 Å². The predicted molar refractivity (Wildman–Crippen MR) is 171 cm³/mol. The molecule has 2 aromatic heterocycles. The second-order valence-electron chi connectivity index (χ2n) is 10.3. The van der Waals surface area contributed by atoms with Crippen molar-refractivity contribution in [3.05, 3.63) is 111 Å². The number of hydrogen-bond acceptors (Lipinski definition) is 7. The van der Waals surface area contributed by atoms with Gasteiger partial charge in [-0.05, 0) is 67.8 Å². The van der Waals surface area contributed by atoms with Crippen LogP contribution in [0.3, 0.4) is 0 Å². The molecule has 1 amide bonds. The van der Waals surface area contributed by atoms with E-state index >= 15 is 0 Å². The maximum Gasteiger partial charge on any atom is 0.267 e. The molecule has 0 radical (unpaired) electrons. The molecular weight excluding hydrogens is 565 g/mol. The molecule has 0 bridgehead atoms. The first-order valence-electron chi connectivity index (χ1n) is 14.0. The summed E-state index contributed by atoms with van der Waals surface area (Å²) in [5.74, 6) is 0.703. The molecule has 42 heavy (non-hydrogen) atoms. The van der Waals surface area contributed by atoms with Gasteiger partial charge < -0.3 is 10.1 Å². The summed E-state index contributed by atoms with van der Waals surface area (Å²) in [7, 11) is 0. The van der Waals surface area contributed by atoms with E-state index in [2.05, 4.69) is 34.5 Å². The number of anilines is 1. The van der Waals surface area contributed by atoms with Gasteiger partial charge >= 0.3 is 0 Å². The summed E-state index contributed by atoms with van der Waals surface area (Å²) < 4.78 is 7.15. The molecular formula is C33H32N4O3S2. The highest BCUT2D eigenvalue weighted by atomic mass is 32.2. The lowest BCUT2D eigenvalue weighted by Crippen LogP contribution is -2.30. The predicted octanol–water partition coefficient (Wildman–Crippen LogP) is 6.44. The number of ether oxygens (including phenoxy) is 1. The molecule has 0 atom stereocenters. The van der Waals surface area contributed by atoms with Crippen molar-refractivity contribution in [1.29, 1.82) is 0 Å². The molecule has 0 saturated carbocycles. The average Bonchev–Trinajstić information content (AvgIpc) is 3.36. The van der Waals surface area contributed by atoms with Crippen LogP contribution in [0, 0.1) is 6.92 Å². The maximum absolute atomic E-state index is 14.2. The van der Waals surface area contributed by atoms with E-state index in [1.165, 1.54) is 22.2 Å². The lowest BCUT2D eigenvalue weighted by Gasteiger charge is -2.26. The molecule has 0 unspecified atom stereocenters. The number of thiophene rings is 1. The Morgan fingerprint density at radius 3 is 2.55 bits per heavy atom.